The van der Waals surface area contributed by atoms with Gasteiger partial charge >= 0.3 is 0 Å². The smallest absolute Gasteiger partial charge is 0.0826 e. The van der Waals surface area contributed by atoms with Crippen LogP contribution in [0.25, 0.3) is 0 Å². The Morgan fingerprint density at radius 1 is 1.41 bits per heavy atom. The van der Waals surface area contributed by atoms with Crippen molar-refractivity contribution in [3.8, 4) is 0 Å². The van der Waals surface area contributed by atoms with Gasteiger partial charge in [0.15, 0.2) is 0 Å². The van der Waals surface area contributed by atoms with Crippen molar-refractivity contribution in [3.63, 3.8) is 0 Å². The summed E-state index contributed by atoms with van der Waals surface area (Å²) in [6, 6.07) is 0. The van der Waals surface area contributed by atoms with Crippen LogP contribution in [0.2, 0.25) is 0 Å². The molecule has 0 spiro atoms. The highest BCUT2D eigenvalue weighted by molar-refractivity contribution is 4.78. The third-order valence-corrected chi connectivity index (χ3v) is 3.36. The van der Waals surface area contributed by atoms with Gasteiger partial charge in [-0.2, -0.15) is 0 Å². The van der Waals surface area contributed by atoms with E-state index in [-0.39, 0.29) is 19.3 Å². The monoisotopic (exact) mass is 246 g/mol. The standard InChI is InChI=1S/C12H26N2O3/c1-3-14-4-5-17-11(7-14)6-13-8-12(2,9-15)10-16/h11,13,15-16H,3-10H2,1-2H3. The van der Waals surface area contributed by atoms with E-state index in [0.29, 0.717) is 6.54 Å². The number of aliphatic hydroxyl groups excluding tert-OH is 2. The van der Waals surface area contributed by atoms with Crippen LogP contribution in [-0.2, 0) is 4.74 Å². The average molecular weight is 246 g/mol. The fourth-order valence-electron chi connectivity index (χ4n) is 1.89. The Morgan fingerprint density at radius 3 is 2.71 bits per heavy atom. The highest BCUT2D eigenvalue weighted by atomic mass is 16.5. The molecule has 1 aliphatic rings. The van der Waals surface area contributed by atoms with Crippen LogP contribution in [0.3, 0.4) is 0 Å². The van der Waals surface area contributed by atoms with Gasteiger partial charge in [0.1, 0.15) is 0 Å². The van der Waals surface area contributed by atoms with Crippen LogP contribution < -0.4 is 5.32 Å². The zero-order valence-corrected chi connectivity index (χ0v) is 11.0. The lowest BCUT2D eigenvalue weighted by Crippen LogP contribution is -2.48. The highest BCUT2D eigenvalue weighted by Gasteiger charge is 2.24. The van der Waals surface area contributed by atoms with Crippen LogP contribution in [0.15, 0.2) is 0 Å². The molecule has 1 rings (SSSR count). The summed E-state index contributed by atoms with van der Waals surface area (Å²) in [6.07, 6.45) is 0.213. The molecule has 102 valence electrons. The van der Waals surface area contributed by atoms with E-state index in [9.17, 15) is 0 Å². The van der Waals surface area contributed by atoms with Gasteiger partial charge in [-0.25, -0.2) is 0 Å². The molecule has 0 saturated carbocycles. The molecule has 0 aromatic heterocycles. The van der Waals surface area contributed by atoms with Crippen molar-refractivity contribution >= 4 is 0 Å². The summed E-state index contributed by atoms with van der Waals surface area (Å²) in [6.45, 7) is 9.19. The molecule has 0 aromatic rings. The lowest BCUT2D eigenvalue weighted by atomic mass is 9.93. The molecule has 1 saturated heterocycles. The van der Waals surface area contributed by atoms with Crippen LogP contribution in [0.5, 0.6) is 0 Å². The van der Waals surface area contributed by atoms with Gasteiger partial charge in [0.05, 0.1) is 25.9 Å². The van der Waals surface area contributed by atoms with Crippen molar-refractivity contribution < 1.29 is 14.9 Å². The van der Waals surface area contributed by atoms with Crippen molar-refractivity contribution in [2.75, 3.05) is 52.5 Å². The molecule has 0 bridgehead atoms. The lowest BCUT2D eigenvalue weighted by Gasteiger charge is -2.33. The topological polar surface area (TPSA) is 65.0 Å². The SMILES string of the molecule is CCN1CCOC(CNCC(C)(CO)CO)C1. The largest absolute Gasteiger partial charge is 0.396 e. The highest BCUT2D eigenvalue weighted by Crippen LogP contribution is 2.12. The average Bonchev–Trinajstić information content (AvgIpc) is 2.39. The van der Waals surface area contributed by atoms with Gasteiger partial charge in [-0.3, -0.25) is 4.90 Å². The molecule has 5 nitrogen and oxygen atoms in total. The molecule has 5 heteroatoms. The second-order valence-electron chi connectivity index (χ2n) is 5.14. The Bertz CT molecular complexity index is 210. The van der Waals surface area contributed by atoms with E-state index in [1.165, 1.54) is 0 Å². The Labute approximate surface area is 104 Å². The molecular formula is C12H26N2O3. The molecule has 1 aliphatic heterocycles. The molecule has 0 amide bonds. The van der Waals surface area contributed by atoms with Gasteiger partial charge in [-0.05, 0) is 6.54 Å². The Kier molecular flexibility index (Phi) is 6.37. The lowest BCUT2D eigenvalue weighted by molar-refractivity contribution is -0.0276. The first-order chi connectivity index (χ1) is 8.13. The third kappa shape index (κ3) is 4.89. The molecule has 1 fully saturated rings. The number of aliphatic hydroxyl groups is 2. The first-order valence-corrected chi connectivity index (χ1v) is 6.40. The van der Waals surface area contributed by atoms with E-state index >= 15 is 0 Å². The molecule has 3 N–H and O–H groups in total. The number of rotatable bonds is 7. The van der Waals surface area contributed by atoms with E-state index < -0.39 is 5.41 Å². The number of nitrogens with one attached hydrogen (secondary N) is 1. The zero-order chi connectivity index (χ0) is 12.7. The third-order valence-electron chi connectivity index (χ3n) is 3.36. The quantitative estimate of drug-likeness (QED) is 0.554. The molecule has 0 aromatic carbocycles. The first-order valence-electron chi connectivity index (χ1n) is 6.40. The minimum atomic E-state index is -0.445. The van der Waals surface area contributed by atoms with Crippen molar-refractivity contribution in [2.45, 2.75) is 20.0 Å². The van der Waals surface area contributed by atoms with Crippen LogP contribution in [0.4, 0.5) is 0 Å². The van der Waals surface area contributed by atoms with E-state index in [1.54, 1.807) is 0 Å². The van der Waals surface area contributed by atoms with Crippen molar-refractivity contribution in [1.82, 2.24) is 10.2 Å². The Balaban J connectivity index is 2.21. The van der Waals surface area contributed by atoms with Crippen LogP contribution in [0.1, 0.15) is 13.8 Å². The second-order valence-corrected chi connectivity index (χ2v) is 5.14. The first kappa shape index (κ1) is 14.9. The number of likely N-dealkylation sites (N-methyl/N-ethyl adjacent to an activating group) is 1. The van der Waals surface area contributed by atoms with Crippen LogP contribution >= 0.6 is 0 Å². The van der Waals surface area contributed by atoms with Gasteiger partial charge in [-0.1, -0.05) is 13.8 Å². The van der Waals surface area contributed by atoms with Crippen LogP contribution in [0, 0.1) is 5.41 Å². The van der Waals surface area contributed by atoms with Crippen molar-refractivity contribution in [3.05, 3.63) is 0 Å². The maximum atomic E-state index is 9.16. The predicted octanol–water partition coefficient (Wildman–Crippen LogP) is -0.712. The summed E-state index contributed by atoms with van der Waals surface area (Å²) in [5.74, 6) is 0. The van der Waals surface area contributed by atoms with Gasteiger partial charge in [0, 0.05) is 31.6 Å². The normalized spacial score (nSPS) is 22.9. The Morgan fingerprint density at radius 2 is 2.12 bits per heavy atom. The van der Waals surface area contributed by atoms with Gasteiger partial charge in [0.2, 0.25) is 0 Å². The minimum Gasteiger partial charge on any atom is -0.396 e. The van der Waals surface area contributed by atoms with Crippen molar-refractivity contribution in [1.29, 1.82) is 0 Å². The summed E-state index contributed by atoms with van der Waals surface area (Å²) < 4.78 is 5.66. The molecule has 0 radical (unpaired) electrons. The minimum absolute atomic E-state index is 0.0108. The number of morpholine rings is 1. The molecule has 1 heterocycles. The van der Waals surface area contributed by atoms with Crippen molar-refractivity contribution in [2.24, 2.45) is 5.41 Å². The second kappa shape index (κ2) is 7.28. The summed E-state index contributed by atoms with van der Waals surface area (Å²) in [7, 11) is 0. The van der Waals surface area contributed by atoms with E-state index in [1.807, 2.05) is 6.92 Å². The fourth-order valence-corrected chi connectivity index (χ4v) is 1.89. The summed E-state index contributed by atoms with van der Waals surface area (Å²) >= 11 is 0. The van der Waals surface area contributed by atoms with E-state index in [4.69, 9.17) is 14.9 Å². The zero-order valence-electron chi connectivity index (χ0n) is 11.0. The molecule has 1 unspecified atom stereocenters. The number of hydrogen-bond acceptors (Lipinski definition) is 5. The predicted molar refractivity (Wildman–Crippen MR) is 67.0 cm³/mol. The molecule has 1 atom stereocenters. The fraction of sp³-hybridized carbons (Fsp3) is 1.00. The summed E-state index contributed by atoms with van der Waals surface area (Å²) in [5, 5.41) is 21.6. The van der Waals surface area contributed by atoms with Gasteiger partial charge < -0.3 is 20.3 Å². The van der Waals surface area contributed by atoms with E-state index in [2.05, 4.69) is 17.1 Å². The molecular weight excluding hydrogens is 220 g/mol. The summed E-state index contributed by atoms with van der Waals surface area (Å²) in [4.78, 5) is 2.37. The molecule has 17 heavy (non-hydrogen) atoms. The maximum absolute atomic E-state index is 9.16. The summed E-state index contributed by atoms with van der Waals surface area (Å²) in [5.41, 5.74) is -0.445. The van der Waals surface area contributed by atoms with Gasteiger partial charge in [-0.15, -0.1) is 0 Å². The number of ether oxygens (including phenoxy) is 1. The maximum Gasteiger partial charge on any atom is 0.0826 e. The molecule has 0 aliphatic carbocycles. The van der Waals surface area contributed by atoms with E-state index in [0.717, 1.165) is 32.8 Å². The van der Waals surface area contributed by atoms with Gasteiger partial charge in [0.25, 0.3) is 0 Å². The number of nitrogens with zero attached hydrogens (tertiary/aromatic N) is 1. The number of hydrogen-bond donors (Lipinski definition) is 3. The van der Waals surface area contributed by atoms with Crippen LogP contribution in [-0.4, -0.2) is 73.8 Å². The Hall–Kier alpha value is -0.200.